The Labute approximate surface area is 177 Å². The molecule has 164 valence electrons. The third kappa shape index (κ3) is 3.88. The maximum absolute atomic E-state index is 14.7. The van der Waals surface area contributed by atoms with Gasteiger partial charge in [-0.3, -0.25) is 14.4 Å². The van der Waals surface area contributed by atoms with E-state index in [4.69, 9.17) is 0 Å². The van der Waals surface area contributed by atoms with Crippen molar-refractivity contribution in [3.8, 4) is 11.3 Å². The van der Waals surface area contributed by atoms with Gasteiger partial charge in [-0.15, -0.1) is 0 Å². The molecular weight excluding hydrogens is 435 g/mol. The number of halogens is 5. The maximum Gasteiger partial charge on any atom is 0.434 e. The summed E-state index contributed by atoms with van der Waals surface area (Å²) in [6.45, 7) is 0. The Morgan fingerprint density at radius 2 is 1.56 bits per heavy atom. The molecule has 5 nitrogen and oxygen atoms in total. The summed E-state index contributed by atoms with van der Waals surface area (Å²) in [4.78, 5) is 44.2. The van der Waals surface area contributed by atoms with Gasteiger partial charge < -0.3 is 0 Å². The molecular formula is C22H13F5N2O3. The number of benzene rings is 1. The van der Waals surface area contributed by atoms with Crippen molar-refractivity contribution in [3.05, 3.63) is 59.3 Å². The van der Waals surface area contributed by atoms with Crippen LogP contribution < -0.4 is 0 Å². The van der Waals surface area contributed by atoms with Crippen molar-refractivity contribution in [2.75, 3.05) is 0 Å². The molecule has 0 bridgehead atoms. The van der Waals surface area contributed by atoms with Crippen molar-refractivity contribution in [2.45, 2.75) is 25.4 Å². The van der Waals surface area contributed by atoms with E-state index >= 15 is 0 Å². The van der Waals surface area contributed by atoms with Crippen LogP contribution in [0.4, 0.5) is 22.0 Å². The van der Waals surface area contributed by atoms with Crippen LogP contribution in [0.1, 0.15) is 35.3 Å². The molecule has 2 heterocycles. The largest absolute Gasteiger partial charge is 0.434 e. The van der Waals surface area contributed by atoms with E-state index < -0.39 is 58.0 Å². The maximum atomic E-state index is 14.7. The van der Waals surface area contributed by atoms with E-state index in [-0.39, 0.29) is 35.9 Å². The molecule has 1 aliphatic rings. The molecule has 2 aromatic heterocycles. The second-order valence-corrected chi connectivity index (χ2v) is 7.34. The highest BCUT2D eigenvalue weighted by molar-refractivity contribution is 6.25. The van der Waals surface area contributed by atoms with Crippen LogP contribution in [-0.4, -0.2) is 27.3 Å². The Balaban J connectivity index is 1.89. The molecule has 0 saturated heterocycles. The van der Waals surface area contributed by atoms with E-state index in [0.29, 0.717) is 0 Å². The molecule has 0 atom stereocenters. The monoisotopic (exact) mass is 448 g/mol. The lowest BCUT2D eigenvalue weighted by atomic mass is 9.81. The van der Waals surface area contributed by atoms with Gasteiger partial charge in [0.2, 0.25) is 0 Å². The third-order valence-corrected chi connectivity index (χ3v) is 5.16. The summed E-state index contributed by atoms with van der Waals surface area (Å²) in [5, 5.41) is -0.222. The van der Waals surface area contributed by atoms with Gasteiger partial charge in [-0.1, -0.05) is 0 Å². The average molecular weight is 448 g/mol. The van der Waals surface area contributed by atoms with Gasteiger partial charge >= 0.3 is 6.18 Å². The number of hydrogen-bond acceptors (Lipinski definition) is 5. The smallest absolute Gasteiger partial charge is 0.298 e. The molecule has 0 amide bonds. The van der Waals surface area contributed by atoms with E-state index in [2.05, 4.69) is 9.97 Å². The minimum atomic E-state index is -5.11. The van der Waals surface area contributed by atoms with Crippen molar-refractivity contribution < 1.29 is 36.3 Å². The van der Waals surface area contributed by atoms with Gasteiger partial charge in [-0.2, -0.15) is 13.2 Å². The van der Waals surface area contributed by atoms with E-state index in [1.165, 1.54) is 12.1 Å². The number of hydrogen-bond donors (Lipinski definition) is 0. The van der Waals surface area contributed by atoms with Crippen LogP contribution >= 0.6 is 0 Å². The summed E-state index contributed by atoms with van der Waals surface area (Å²) in [5.41, 5.74) is -3.36. The van der Waals surface area contributed by atoms with Gasteiger partial charge in [0, 0.05) is 23.8 Å². The summed E-state index contributed by atoms with van der Waals surface area (Å²) in [5.74, 6) is -6.19. The van der Waals surface area contributed by atoms with Crippen LogP contribution in [0, 0.1) is 17.6 Å². The molecule has 0 unspecified atom stereocenters. The number of pyridine rings is 2. The molecule has 32 heavy (non-hydrogen) atoms. The average Bonchev–Trinajstić information content (AvgIpc) is 2.72. The van der Waals surface area contributed by atoms with E-state index in [0.717, 1.165) is 24.3 Å². The van der Waals surface area contributed by atoms with E-state index in [9.17, 15) is 36.3 Å². The molecule has 1 aromatic carbocycles. The fourth-order valence-corrected chi connectivity index (χ4v) is 3.65. The van der Waals surface area contributed by atoms with Crippen LogP contribution in [0.3, 0.4) is 0 Å². The highest BCUT2D eigenvalue weighted by Crippen LogP contribution is 2.35. The number of carbonyl (C=O) groups is 3. The van der Waals surface area contributed by atoms with Crippen LogP contribution in [0.15, 0.2) is 36.4 Å². The van der Waals surface area contributed by atoms with Gasteiger partial charge in [-0.05, 0) is 42.8 Å². The zero-order valence-electron chi connectivity index (χ0n) is 16.2. The predicted molar refractivity (Wildman–Crippen MR) is 102 cm³/mol. The Bertz CT molecular complexity index is 1250. The summed E-state index contributed by atoms with van der Waals surface area (Å²) < 4.78 is 68.9. The van der Waals surface area contributed by atoms with Crippen LogP contribution in [0.25, 0.3) is 22.3 Å². The first-order valence-electron chi connectivity index (χ1n) is 9.50. The highest BCUT2D eigenvalue weighted by Gasteiger charge is 2.43. The molecule has 3 aromatic rings. The topological polar surface area (TPSA) is 77.0 Å². The summed E-state index contributed by atoms with van der Waals surface area (Å²) >= 11 is 0. The molecule has 10 heteroatoms. The molecule has 0 radical (unpaired) electrons. The zero-order valence-corrected chi connectivity index (χ0v) is 16.2. The summed E-state index contributed by atoms with van der Waals surface area (Å²) in [7, 11) is 0. The van der Waals surface area contributed by atoms with Crippen molar-refractivity contribution in [1.82, 2.24) is 9.97 Å². The molecule has 0 spiro atoms. The lowest BCUT2D eigenvalue weighted by Gasteiger charge is -2.20. The lowest BCUT2D eigenvalue weighted by molar-refractivity contribution is -0.142. The lowest BCUT2D eigenvalue weighted by Crippen LogP contribution is -2.36. The number of nitrogens with zero attached hydrogens (tertiary/aromatic N) is 2. The Kier molecular flexibility index (Phi) is 5.31. The fraction of sp³-hybridized carbons (Fsp3) is 0.227. The van der Waals surface area contributed by atoms with Crippen molar-refractivity contribution >= 4 is 28.4 Å². The first kappa shape index (κ1) is 21.7. The first-order chi connectivity index (χ1) is 15.1. The standard InChI is InChI=1S/C22H13F5N2O3/c23-12-6-4-10(5-7-12)18-14(24)9-11-8-13(20(22(25,26)27)29-21(11)28-18)19(32)17-15(30)2-1-3-16(17)31/h4-9,17H,1-3H2. The van der Waals surface area contributed by atoms with Crippen molar-refractivity contribution in [3.63, 3.8) is 0 Å². The van der Waals surface area contributed by atoms with Gasteiger partial charge in [0.15, 0.2) is 28.7 Å². The molecule has 4 rings (SSSR count). The first-order valence-corrected chi connectivity index (χ1v) is 9.50. The number of carbonyl (C=O) groups excluding carboxylic acids is 3. The zero-order chi connectivity index (χ0) is 23.2. The van der Waals surface area contributed by atoms with E-state index in [1.54, 1.807) is 0 Å². The molecule has 0 N–H and O–H groups in total. The number of alkyl halides is 3. The normalized spacial score (nSPS) is 15.4. The second kappa shape index (κ2) is 7.85. The van der Waals surface area contributed by atoms with Crippen LogP contribution in [0.5, 0.6) is 0 Å². The quantitative estimate of drug-likeness (QED) is 0.329. The van der Waals surface area contributed by atoms with Crippen molar-refractivity contribution in [1.29, 1.82) is 0 Å². The van der Waals surface area contributed by atoms with Crippen LogP contribution in [0.2, 0.25) is 0 Å². The van der Waals surface area contributed by atoms with Gasteiger partial charge in [0.25, 0.3) is 0 Å². The fourth-order valence-electron chi connectivity index (χ4n) is 3.65. The SMILES string of the molecule is O=C1CCCC(=O)C1C(=O)c1cc2cc(F)c(-c3ccc(F)cc3)nc2nc1C(F)(F)F. The Morgan fingerprint density at radius 1 is 0.938 bits per heavy atom. The summed E-state index contributed by atoms with van der Waals surface area (Å²) in [6.07, 6.45) is -5.07. The van der Waals surface area contributed by atoms with Crippen molar-refractivity contribution in [2.24, 2.45) is 5.92 Å². The van der Waals surface area contributed by atoms with E-state index in [1.807, 2.05) is 0 Å². The summed E-state index contributed by atoms with van der Waals surface area (Å²) in [6, 6.07) is 6.07. The predicted octanol–water partition coefficient (Wildman–Crippen LogP) is 4.71. The second-order valence-electron chi connectivity index (χ2n) is 7.34. The third-order valence-electron chi connectivity index (χ3n) is 5.16. The Morgan fingerprint density at radius 3 is 2.16 bits per heavy atom. The molecule has 0 aliphatic heterocycles. The number of fused-ring (bicyclic) bond motifs is 1. The number of Topliss-reactive ketones (excluding diaryl/α,β-unsaturated/α-hetero) is 3. The van der Waals surface area contributed by atoms with Gasteiger partial charge in [0.1, 0.15) is 23.2 Å². The minimum absolute atomic E-state index is 0.0955. The Hall–Kier alpha value is -3.56. The van der Waals surface area contributed by atoms with Gasteiger partial charge in [-0.25, -0.2) is 18.7 Å². The molecule has 1 fully saturated rings. The molecule has 1 saturated carbocycles. The van der Waals surface area contributed by atoms with Crippen LogP contribution in [-0.2, 0) is 15.8 Å². The number of rotatable bonds is 3. The number of ketones is 3. The highest BCUT2D eigenvalue weighted by atomic mass is 19.4. The molecule has 1 aliphatic carbocycles. The number of aromatic nitrogens is 2. The minimum Gasteiger partial charge on any atom is -0.298 e. The van der Waals surface area contributed by atoms with Gasteiger partial charge in [0.05, 0.1) is 5.56 Å².